The first-order valence-electron chi connectivity index (χ1n) is 8.55. The van der Waals surface area contributed by atoms with Gasteiger partial charge < -0.3 is 10.2 Å². The Bertz CT molecular complexity index is 928. The topological polar surface area (TPSA) is 46.4 Å². The fourth-order valence-electron chi connectivity index (χ4n) is 3.45. The van der Waals surface area contributed by atoms with Crippen molar-refractivity contribution < 1.29 is 14.1 Å². The van der Waals surface area contributed by atoms with Gasteiger partial charge in [-0.1, -0.05) is 23.7 Å². The van der Waals surface area contributed by atoms with E-state index in [9.17, 15) is 9.18 Å². The maximum atomic E-state index is 13.1. The fraction of sp³-hybridized carbons (Fsp3) is 0.263. The summed E-state index contributed by atoms with van der Waals surface area (Å²) in [5.74, 6) is -0.546. The predicted molar refractivity (Wildman–Crippen MR) is 102 cm³/mol. The molecular formula is C19H18ClFN3OS+. The lowest BCUT2D eigenvalue weighted by atomic mass is 10.2. The highest BCUT2D eigenvalue weighted by Gasteiger charge is 2.34. The van der Waals surface area contributed by atoms with Crippen LogP contribution < -0.4 is 10.2 Å². The summed E-state index contributed by atoms with van der Waals surface area (Å²) in [6, 6.07) is 12.3. The molecule has 1 saturated heterocycles. The molecule has 0 saturated carbocycles. The van der Waals surface area contributed by atoms with E-state index >= 15 is 0 Å². The molecule has 26 heavy (non-hydrogen) atoms. The molecule has 0 spiro atoms. The summed E-state index contributed by atoms with van der Waals surface area (Å²) >= 11 is 7.70. The van der Waals surface area contributed by atoms with Crippen LogP contribution in [0.3, 0.4) is 0 Å². The fourth-order valence-corrected chi connectivity index (χ4v) is 4.83. The number of quaternary nitrogens is 1. The zero-order valence-electron chi connectivity index (χ0n) is 14.0. The van der Waals surface area contributed by atoms with Crippen molar-refractivity contribution in [2.45, 2.75) is 18.9 Å². The van der Waals surface area contributed by atoms with Crippen molar-refractivity contribution in [3.05, 3.63) is 58.3 Å². The van der Waals surface area contributed by atoms with Crippen molar-refractivity contribution in [2.75, 3.05) is 18.4 Å². The first-order valence-corrected chi connectivity index (χ1v) is 9.74. The van der Waals surface area contributed by atoms with Gasteiger partial charge in [0.1, 0.15) is 11.9 Å². The largest absolute Gasteiger partial charge is 0.320 e. The maximum Gasteiger partial charge on any atom is 0.279 e. The number of fused-ring (bicyclic) bond motifs is 1. The number of aromatic nitrogens is 1. The van der Waals surface area contributed by atoms with Crippen LogP contribution in [0, 0.1) is 5.82 Å². The lowest BCUT2D eigenvalue weighted by Crippen LogP contribution is -3.11. The zero-order chi connectivity index (χ0) is 18.1. The van der Waals surface area contributed by atoms with E-state index in [4.69, 9.17) is 16.6 Å². The molecule has 2 N–H and O–H groups in total. The standard InChI is InChI=1S/C19H17ClFN3OS/c20-13-10-12(21)7-8-14(13)22-18(25)11-24-9-3-5-16(24)19-23-15-4-1-2-6-17(15)26-19/h1-2,4,6-8,10,16H,3,5,9,11H2,(H,22,25)/p+1/t16-/m1/s1. The van der Waals surface area contributed by atoms with Gasteiger partial charge in [-0.25, -0.2) is 9.37 Å². The van der Waals surface area contributed by atoms with E-state index in [0.717, 1.165) is 29.9 Å². The van der Waals surface area contributed by atoms with Crippen LogP contribution in [0.1, 0.15) is 23.9 Å². The molecule has 1 unspecified atom stereocenters. The minimum Gasteiger partial charge on any atom is -0.320 e. The number of anilines is 1. The van der Waals surface area contributed by atoms with E-state index in [2.05, 4.69) is 11.4 Å². The van der Waals surface area contributed by atoms with Crippen LogP contribution in [0.4, 0.5) is 10.1 Å². The Labute approximate surface area is 159 Å². The number of carbonyl (C=O) groups is 1. The second-order valence-electron chi connectivity index (χ2n) is 6.47. The Kier molecular flexibility index (Phi) is 4.89. The van der Waals surface area contributed by atoms with Crippen molar-refractivity contribution in [1.82, 2.24) is 4.98 Å². The maximum absolute atomic E-state index is 13.1. The zero-order valence-corrected chi connectivity index (χ0v) is 15.5. The molecule has 2 atom stereocenters. The summed E-state index contributed by atoms with van der Waals surface area (Å²) in [6.07, 6.45) is 2.10. The van der Waals surface area contributed by atoms with Crippen LogP contribution in [0.2, 0.25) is 5.02 Å². The third-order valence-electron chi connectivity index (χ3n) is 4.68. The number of thiazole rings is 1. The van der Waals surface area contributed by atoms with Gasteiger partial charge in [0.15, 0.2) is 11.6 Å². The number of halogens is 2. The Morgan fingerprint density at radius 1 is 1.35 bits per heavy atom. The van der Waals surface area contributed by atoms with Crippen LogP contribution in [-0.4, -0.2) is 24.0 Å². The molecule has 1 aliphatic heterocycles. The number of likely N-dealkylation sites (tertiary alicyclic amines) is 1. The van der Waals surface area contributed by atoms with E-state index in [1.54, 1.807) is 11.3 Å². The SMILES string of the molecule is O=C(C[NH+]1CCC[C@@H]1c1nc2ccccc2s1)Nc1ccc(F)cc1Cl. The van der Waals surface area contributed by atoms with Crippen LogP contribution in [0.25, 0.3) is 10.2 Å². The molecule has 7 heteroatoms. The second kappa shape index (κ2) is 7.31. The summed E-state index contributed by atoms with van der Waals surface area (Å²) in [7, 11) is 0. The minimum atomic E-state index is -0.422. The van der Waals surface area contributed by atoms with Gasteiger partial charge in [0, 0.05) is 12.8 Å². The number of amides is 1. The van der Waals surface area contributed by atoms with Crippen LogP contribution in [0.15, 0.2) is 42.5 Å². The van der Waals surface area contributed by atoms with Crippen LogP contribution in [0.5, 0.6) is 0 Å². The van der Waals surface area contributed by atoms with E-state index in [0.29, 0.717) is 12.2 Å². The van der Waals surface area contributed by atoms with Gasteiger partial charge in [0.05, 0.1) is 27.5 Å². The molecule has 4 rings (SSSR count). The highest BCUT2D eigenvalue weighted by molar-refractivity contribution is 7.18. The number of rotatable bonds is 4. The molecular weight excluding hydrogens is 373 g/mol. The molecule has 1 amide bonds. The summed E-state index contributed by atoms with van der Waals surface area (Å²) in [4.78, 5) is 18.4. The van der Waals surface area contributed by atoms with Crippen molar-refractivity contribution in [3.8, 4) is 0 Å². The average molecular weight is 391 g/mol. The summed E-state index contributed by atoms with van der Waals surface area (Å²) in [6.45, 7) is 1.28. The van der Waals surface area contributed by atoms with Crippen molar-refractivity contribution in [3.63, 3.8) is 0 Å². The molecule has 0 aliphatic carbocycles. The second-order valence-corrected chi connectivity index (χ2v) is 7.94. The number of nitrogens with one attached hydrogen (secondary N) is 2. The number of para-hydroxylation sites is 1. The number of hydrogen-bond acceptors (Lipinski definition) is 3. The van der Waals surface area contributed by atoms with Crippen molar-refractivity contribution in [1.29, 1.82) is 0 Å². The van der Waals surface area contributed by atoms with Gasteiger partial charge in [-0.15, -0.1) is 11.3 Å². The summed E-state index contributed by atoms with van der Waals surface area (Å²) < 4.78 is 14.3. The van der Waals surface area contributed by atoms with Gasteiger partial charge in [-0.3, -0.25) is 4.79 Å². The van der Waals surface area contributed by atoms with Gasteiger partial charge in [0.25, 0.3) is 5.91 Å². The highest BCUT2D eigenvalue weighted by atomic mass is 35.5. The molecule has 134 valence electrons. The lowest BCUT2D eigenvalue weighted by Gasteiger charge is -2.19. The van der Waals surface area contributed by atoms with Gasteiger partial charge >= 0.3 is 0 Å². The molecule has 2 aromatic carbocycles. The Morgan fingerprint density at radius 2 is 2.19 bits per heavy atom. The summed E-state index contributed by atoms with van der Waals surface area (Å²) in [5.41, 5.74) is 1.45. The number of nitrogens with zero attached hydrogens (tertiary/aromatic N) is 1. The first kappa shape index (κ1) is 17.4. The van der Waals surface area contributed by atoms with Crippen LogP contribution >= 0.6 is 22.9 Å². The smallest absolute Gasteiger partial charge is 0.279 e. The number of benzene rings is 2. The van der Waals surface area contributed by atoms with Gasteiger partial charge in [-0.05, 0) is 30.3 Å². The third-order valence-corrected chi connectivity index (χ3v) is 6.15. The van der Waals surface area contributed by atoms with E-state index < -0.39 is 5.82 Å². The average Bonchev–Trinajstić information content (AvgIpc) is 3.23. The van der Waals surface area contributed by atoms with E-state index in [1.165, 1.54) is 27.8 Å². The van der Waals surface area contributed by atoms with Gasteiger partial charge in [0.2, 0.25) is 0 Å². The molecule has 1 aromatic heterocycles. The van der Waals surface area contributed by atoms with Crippen molar-refractivity contribution >= 4 is 44.7 Å². The quantitative estimate of drug-likeness (QED) is 0.716. The molecule has 4 nitrogen and oxygen atoms in total. The Hall–Kier alpha value is -2.02. The molecule has 1 aliphatic rings. The van der Waals surface area contributed by atoms with E-state index in [-0.39, 0.29) is 17.0 Å². The monoisotopic (exact) mass is 390 g/mol. The van der Waals surface area contributed by atoms with Crippen molar-refractivity contribution in [2.24, 2.45) is 0 Å². The molecule has 3 aromatic rings. The first-order chi connectivity index (χ1) is 12.6. The molecule has 1 fully saturated rings. The Morgan fingerprint density at radius 3 is 3.00 bits per heavy atom. The highest BCUT2D eigenvalue weighted by Crippen LogP contribution is 2.28. The summed E-state index contributed by atoms with van der Waals surface area (Å²) in [5, 5.41) is 4.08. The number of carbonyl (C=O) groups excluding carboxylic acids is 1. The predicted octanol–water partition coefficient (Wildman–Crippen LogP) is 3.45. The molecule has 0 radical (unpaired) electrons. The number of hydrogen-bond donors (Lipinski definition) is 2. The third kappa shape index (κ3) is 3.58. The van der Waals surface area contributed by atoms with E-state index in [1.807, 2.05) is 18.2 Å². The Balaban J connectivity index is 1.47. The minimum absolute atomic E-state index is 0.124. The molecule has 2 heterocycles. The van der Waals surface area contributed by atoms with Gasteiger partial charge in [-0.2, -0.15) is 0 Å². The normalized spacial score (nSPS) is 19.8. The molecule has 0 bridgehead atoms. The lowest BCUT2D eigenvalue weighted by molar-refractivity contribution is -0.910. The van der Waals surface area contributed by atoms with Crippen LogP contribution in [-0.2, 0) is 4.79 Å².